The van der Waals surface area contributed by atoms with Crippen molar-refractivity contribution in [1.82, 2.24) is 9.88 Å². The Bertz CT molecular complexity index is 909. The SMILES string of the molecule is CCCCCCCCCCn1c2c(ccc1=O)C(NCCc1ccc(Cl)c(Cl)c1)CCC2. The Morgan fingerprint density at radius 3 is 2.47 bits per heavy atom. The van der Waals surface area contributed by atoms with E-state index in [0.29, 0.717) is 16.1 Å². The quantitative estimate of drug-likeness (QED) is 0.303. The van der Waals surface area contributed by atoms with Crippen LogP contribution in [0.3, 0.4) is 0 Å². The standard InChI is InChI=1S/C27H38Cl2N2O/c1-2-3-4-5-6-7-8-9-19-31-26-12-10-11-25(22(26)14-16-27(31)32)30-18-17-21-13-15-23(28)24(29)20-21/h13-16,20,25,30H,2-12,17-19H2,1H3. The van der Waals surface area contributed by atoms with Crippen LogP contribution < -0.4 is 10.9 Å². The summed E-state index contributed by atoms with van der Waals surface area (Å²) in [4.78, 5) is 12.6. The van der Waals surface area contributed by atoms with Crippen LogP contribution in [0.5, 0.6) is 0 Å². The summed E-state index contributed by atoms with van der Waals surface area (Å²) < 4.78 is 2.05. The minimum atomic E-state index is 0.156. The Morgan fingerprint density at radius 1 is 0.969 bits per heavy atom. The van der Waals surface area contributed by atoms with Gasteiger partial charge in [0.2, 0.25) is 0 Å². The zero-order valence-electron chi connectivity index (χ0n) is 19.5. The highest BCUT2D eigenvalue weighted by molar-refractivity contribution is 6.42. The van der Waals surface area contributed by atoms with Crippen molar-refractivity contribution in [3.63, 3.8) is 0 Å². The predicted octanol–water partition coefficient (Wildman–Crippen LogP) is 7.51. The van der Waals surface area contributed by atoms with E-state index >= 15 is 0 Å². The molecule has 0 bridgehead atoms. The van der Waals surface area contributed by atoms with Crippen molar-refractivity contribution in [2.75, 3.05) is 6.54 Å². The van der Waals surface area contributed by atoms with Crippen molar-refractivity contribution >= 4 is 23.2 Å². The van der Waals surface area contributed by atoms with E-state index in [1.54, 1.807) is 6.07 Å². The summed E-state index contributed by atoms with van der Waals surface area (Å²) in [6.07, 6.45) is 14.4. The van der Waals surface area contributed by atoms with Crippen LogP contribution >= 0.6 is 23.2 Å². The van der Waals surface area contributed by atoms with Crippen molar-refractivity contribution in [2.45, 2.75) is 96.6 Å². The second kappa shape index (κ2) is 13.4. The molecule has 3 rings (SSSR count). The fourth-order valence-corrected chi connectivity index (χ4v) is 5.13. The number of hydrogen-bond acceptors (Lipinski definition) is 2. The predicted molar refractivity (Wildman–Crippen MR) is 137 cm³/mol. The first-order valence-corrected chi connectivity index (χ1v) is 13.3. The van der Waals surface area contributed by atoms with E-state index in [2.05, 4.69) is 22.9 Å². The number of rotatable bonds is 13. The molecule has 1 aromatic heterocycles. The highest BCUT2D eigenvalue weighted by Gasteiger charge is 2.22. The highest BCUT2D eigenvalue weighted by atomic mass is 35.5. The molecule has 0 saturated heterocycles. The van der Waals surface area contributed by atoms with Gasteiger partial charge < -0.3 is 9.88 Å². The Hall–Kier alpha value is -1.29. The Kier molecular flexibility index (Phi) is 10.6. The van der Waals surface area contributed by atoms with Crippen LogP contribution in [0.15, 0.2) is 35.1 Å². The third kappa shape index (κ3) is 7.37. The molecule has 32 heavy (non-hydrogen) atoms. The van der Waals surface area contributed by atoms with Crippen LogP contribution in [-0.2, 0) is 19.4 Å². The van der Waals surface area contributed by atoms with Gasteiger partial charge >= 0.3 is 0 Å². The molecule has 1 atom stereocenters. The number of nitrogens with zero attached hydrogens (tertiary/aromatic N) is 1. The van der Waals surface area contributed by atoms with Gasteiger partial charge in [0.15, 0.2) is 0 Å². The lowest BCUT2D eigenvalue weighted by Gasteiger charge is -2.29. The van der Waals surface area contributed by atoms with E-state index < -0.39 is 0 Å². The zero-order chi connectivity index (χ0) is 22.8. The first-order chi connectivity index (χ1) is 15.6. The minimum absolute atomic E-state index is 0.156. The van der Waals surface area contributed by atoms with Crippen molar-refractivity contribution in [3.8, 4) is 0 Å². The summed E-state index contributed by atoms with van der Waals surface area (Å²) in [7, 11) is 0. The molecule has 3 nitrogen and oxygen atoms in total. The number of pyridine rings is 1. The number of halogens is 2. The molecule has 0 fully saturated rings. The smallest absolute Gasteiger partial charge is 0.250 e. The lowest BCUT2D eigenvalue weighted by atomic mass is 9.90. The molecule has 1 N–H and O–H groups in total. The lowest BCUT2D eigenvalue weighted by molar-refractivity contribution is 0.437. The minimum Gasteiger partial charge on any atom is -0.312 e. The molecule has 0 saturated carbocycles. The van der Waals surface area contributed by atoms with E-state index in [0.717, 1.165) is 45.2 Å². The third-order valence-electron chi connectivity index (χ3n) is 6.64. The monoisotopic (exact) mass is 476 g/mol. The number of fused-ring (bicyclic) bond motifs is 1. The van der Waals surface area contributed by atoms with Gasteiger partial charge in [-0.3, -0.25) is 4.79 Å². The third-order valence-corrected chi connectivity index (χ3v) is 7.38. The van der Waals surface area contributed by atoms with Crippen molar-refractivity contribution in [2.24, 2.45) is 0 Å². The van der Waals surface area contributed by atoms with Gasteiger partial charge in [0, 0.05) is 24.3 Å². The first kappa shape index (κ1) is 25.3. The summed E-state index contributed by atoms with van der Waals surface area (Å²) in [6, 6.07) is 9.97. The van der Waals surface area contributed by atoms with E-state index in [4.69, 9.17) is 23.2 Å². The van der Waals surface area contributed by atoms with Crippen molar-refractivity contribution in [3.05, 3.63) is 67.6 Å². The van der Waals surface area contributed by atoms with Gasteiger partial charge in [-0.25, -0.2) is 0 Å². The summed E-state index contributed by atoms with van der Waals surface area (Å²) in [5, 5.41) is 4.92. The fourth-order valence-electron chi connectivity index (χ4n) is 4.81. The molecule has 2 aromatic rings. The second-order valence-electron chi connectivity index (χ2n) is 9.10. The highest BCUT2D eigenvalue weighted by Crippen LogP contribution is 2.29. The van der Waals surface area contributed by atoms with Crippen LogP contribution in [0.2, 0.25) is 10.0 Å². The van der Waals surface area contributed by atoms with E-state index in [1.807, 2.05) is 18.2 Å². The maximum atomic E-state index is 12.6. The summed E-state index contributed by atoms with van der Waals surface area (Å²) in [5.74, 6) is 0. The van der Waals surface area contributed by atoms with Crippen LogP contribution in [0.4, 0.5) is 0 Å². The van der Waals surface area contributed by atoms with Gasteiger partial charge in [-0.05, 0) is 61.9 Å². The molecule has 1 aliphatic rings. The maximum absolute atomic E-state index is 12.6. The van der Waals surface area contributed by atoms with Gasteiger partial charge in [0.1, 0.15) is 0 Å². The number of nitrogens with one attached hydrogen (secondary N) is 1. The van der Waals surface area contributed by atoms with E-state index in [-0.39, 0.29) is 5.56 Å². The molecule has 0 spiro atoms. The largest absolute Gasteiger partial charge is 0.312 e. The molecule has 5 heteroatoms. The zero-order valence-corrected chi connectivity index (χ0v) is 21.0. The van der Waals surface area contributed by atoms with Crippen LogP contribution in [-0.4, -0.2) is 11.1 Å². The van der Waals surface area contributed by atoms with Crippen molar-refractivity contribution in [1.29, 1.82) is 0 Å². The average Bonchev–Trinajstić information content (AvgIpc) is 2.79. The van der Waals surface area contributed by atoms with E-state index in [9.17, 15) is 4.79 Å². The Balaban J connectivity index is 1.52. The van der Waals surface area contributed by atoms with Gasteiger partial charge in [0.05, 0.1) is 10.0 Å². The van der Waals surface area contributed by atoms with Crippen molar-refractivity contribution < 1.29 is 0 Å². The summed E-state index contributed by atoms with van der Waals surface area (Å²) >= 11 is 12.2. The molecule has 0 amide bonds. The first-order valence-electron chi connectivity index (χ1n) is 12.5. The topological polar surface area (TPSA) is 34.0 Å². The number of benzene rings is 1. The molecule has 1 heterocycles. The molecule has 1 aromatic carbocycles. The molecular weight excluding hydrogens is 439 g/mol. The molecule has 0 aliphatic heterocycles. The van der Waals surface area contributed by atoms with Gasteiger partial charge in [-0.15, -0.1) is 0 Å². The van der Waals surface area contributed by atoms with Gasteiger partial charge in [-0.1, -0.05) is 87.2 Å². The van der Waals surface area contributed by atoms with Crippen LogP contribution in [0.1, 0.15) is 94.0 Å². The maximum Gasteiger partial charge on any atom is 0.250 e. The summed E-state index contributed by atoms with van der Waals surface area (Å²) in [6.45, 7) is 3.99. The molecular formula is C27H38Cl2N2O. The Labute approximate surface area is 203 Å². The lowest BCUT2D eigenvalue weighted by Crippen LogP contribution is -2.32. The Morgan fingerprint density at radius 2 is 1.72 bits per heavy atom. The molecule has 176 valence electrons. The molecule has 0 radical (unpaired) electrons. The second-order valence-corrected chi connectivity index (χ2v) is 9.91. The fraction of sp³-hybridized carbons (Fsp3) is 0.593. The molecule has 1 aliphatic carbocycles. The van der Waals surface area contributed by atoms with E-state index in [1.165, 1.54) is 61.8 Å². The number of unbranched alkanes of at least 4 members (excludes halogenated alkanes) is 7. The molecule has 1 unspecified atom stereocenters. The average molecular weight is 478 g/mol. The van der Waals surface area contributed by atoms with Gasteiger partial charge in [0.25, 0.3) is 5.56 Å². The van der Waals surface area contributed by atoms with Crippen LogP contribution in [0, 0.1) is 0 Å². The summed E-state index contributed by atoms with van der Waals surface area (Å²) in [5.41, 5.74) is 3.90. The van der Waals surface area contributed by atoms with Crippen LogP contribution in [0.25, 0.3) is 0 Å². The normalized spacial score (nSPS) is 15.7. The number of aromatic nitrogens is 1. The van der Waals surface area contributed by atoms with Gasteiger partial charge in [-0.2, -0.15) is 0 Å². The number of hydrogen-bond donors (Lipinski definition) is 1.